The second kappa shape index (κ2) is 5.19. The lowest BCUT2D eigenvalue weighted by atomic mass is 9.89. The third kappa shape index (κ3) is 2.97. The molecule has 1 aromatic rings. The van der Waals surface area contributed by atoms with Crippen LogP contribution in [0.3, 0.4) is 0 Å². The van der Waals surface area contributed by atoms with E-state index in [9.17, 15) is 9.90 Å². The van der Waals surface area contributed by atoms with Crippen LogP contribution in [-0.4, -0.2) is 29.4 Å². The van der Waals surface area contributed by atoms with Crippen LogP contribution in [0.5, 0.6) is 5.75 Å². The molecule has 1 aliphatic rings. The lowest BCUT2D eigenvalue weighted by Gasteiger charge is -2.23. The van der Waals surface area contributed by atoms with Crippen molar-refractivity contribution in [3.63, 3.8) is 0 Å². The molecule has 2 rings (SSSR count). The molecule has 0 bridgehead atoms. The Balaban J connectivity index is 2.21. The Kier molecular flexibility index (Phi) is 3.64. The number of aromatic hydroxyl groups is 1. The van der Waals surface area contributed by atoms with Gasteiger partial charge in [0.05, 0.1) is 6.42 Å². The van der Waals surface area contributed by atoms with Crippen molar-refractivity contribution in [2.45, 2.75) is 25.2 Å². The van der Waals surface area contributed by atoms with Crippen molar-refractivity contribution in [3.8, 4) is 5.75 Å². The van der Waals surface area contributed by atoms with Crippen molar-refractivity contribution >= 4 is 5.97 Å². The molecule has 0 aliphatic carbocycles. The zero-order chi connectivity index (χ0) is 12.3. The fourth-order valence-electron chi connectivity index (χ4n) is 2.22. The molecule has 1 aliphatic heterocycles. The summed E-state index contributed by atoms with van der Waals surface area (Å²) in [6.07, 6.45) is 1.75. The maximum absolute atomic E-state index is 10.7. The fourth-order valence-corrected chi connectivity index (χ4v) is 2.22. The quantitative estimate of drug-likeness (QED) is 0.841. The van der Waals surface area contributed by atoms with Gasteiger partial charge in [0.2, 0.25) is 0 Å². The van der Waals surface area contributed by atoms with Gasteiger partial charge in [-0.2, -0.15) is 0 Å². The van der Waals surface area contributed by atoms with Crippen molar-refractivity contribution in [2.24, 2.45) is 0 Å². The number of carbonyl (C=O) groups is 1. The molecule has 0 aromatic heterocycles. The zero-order valence-corrected chi connectivity index (χ0v) is 9.56. The van der Waals surface area contributed by atoms with Gasteiger partial charge in [0, 0.05) is 13.2 Å². The standard InChI is InChI=1S/C13H16O4/c14-12-2-1-9(8-13(15)16)7-11(12)10-3-5-17-6-4-10/h1-2,7,10,14H,3-6,8H2,(H,15,16). The summed E-state index contributed by atoms with van der Waals surface area (Å²) in [5, 5.41) is 18.6. The van der Waals surface area contributed by atoms with Crippen LogP contribution in [0.15, 0.2) is 18.2 Å². The van der Waals surface area contributed by atoms with Gasteiger partial charge < -0.3 is 14.9 Å². The summed E-state index contributed by atoms with van der Waals surface area (Å²) in [7, 11) is 0. The van der Waals surface area contributed by atoms with Gasteiger partial charge in [-0.3, -0.25) is 4.79 Å². The predicted octanol–water partition coefficient (Wildman–Crippen LogP) is 1.91. The van der Waals surface area contributed by atoms with Gasteiger partial charge in [-0.15, -0.1) is 0 Å². The Morgan fingerprint density at radius 1 is 1.35 bits per heavy atom. The van der Waals surface area contributed by atoms with Crippen LogP contribution in [0.25, 0.3) is 0 Å². The third-order valence-corrected chi connectivity index (χ3v) is 3.11. The van der Waals surface area contributed by atoms with E-state index in [0.717, 1.165) is 24.0 Å². The number of phenolic OH excluding ortho intramolecular Hbond substituents is 1. The second-order valence-electron chi connectivity index (χ2n) is 4.35. The van der Waals surface area contributed by atoms with E-state index in [1.54, 1.807) is 18.2 Å². The number of phenols is 1. The maximum Gasteiger partial charge on any atom is 0.307 e. The van der Waals surface area contributed by atoms with Crippen LogP contribution in [0.4, 0.5) is 0 Å². The minimum Gasteiger partial charge on any atom is -0.508 e. The van der Waals surface area contributed by atoms with E-state index in [4.69, 9.17) is 9.84 Å². The van der Waals surface area contributed by atoms with E-state index in [1.807, 2.05) is 0 Å². The molecule has 4 nitrogen and oxygen atoms in total. The summed E-state index contributed by atoms with van der Waals surface area (Å²) in [4.78, 5) is 10.7. The number of benzene rings is 1. The Morgan fingerprint density at radius 3 is 2.71 bits per heavy atom. The van der Waals surface area contributed by atoms with Gasteiger partial charge in [-0.25, -0.2) is 0 Å². The van der Waals surface area contributed by atoms with Gasteiger partial charge in [0.25, 0.3) is 0 Å². The first-order valence-electron chi connectivity index (χ1n) is 5.78. The second-order valence-corrected chi connectivity index (χ2v) is 4.35. The van der Waals surface area contributed by atoms with Crippen molar-refractivity contribution in [1.29, 1.82) is 0 Å². The molecule has 1 heterocycles. The molecule has 92 valence electrons. The molecule has 0 radical (unpaired) electrons. The molecule has 4 heteroatoms. The first-order chi connectivity index (χ1) is 8.16. The molecule has 2 N–H and O–H groups in total. The summed E-state index contributed by atoms with van der Waals surface area (Å²) in [6.45, 7) is 1.40. The fraction of sp³-hybridized carbons (Fsp3) is 0.462. The number of aliphatic carboxylic acids is 1. The van der Waals surface area contributed by atoms with Crippen LogP contribution in [0.1, 0.15) is 29.9 Å². The molecule has 0 atom stereocenters. The number of ether oxygens (including phenoxy) is 1. The molecule has 0 unspecified atom stereocenters. The van der Waals surface area contributed by atoms with E-state index in [-0.39, 0.29) is 18.1 Å². The summed E-state index contributed by atoms with van der Waals surface area (Å²) in [6, 6.07) is 5.05. The predicted molar refractivity (Wildman–Crippen MR) is 62.2 cm³/mol. The van der Waals surface area contributed by atoms with Gasteiger partial charge in [0.15, 0.2) is 0 Å². The van der Waals surface area contributed by atoms with Crippen LogP contribution in [0.2, 0.25) is 0 Å². The van der Waals surface area contributed by atoms with Gasteiger partial charge in [0.1, 0.15) is 5.75 Å². The third-order valence-electron chi connectivity index (χ3n) is 3.11. The van der Waals surface area contributed by atoms with Crippen LogP contribution in [-0.2, 0) is 16.0 Å². The van der Waals surface area contributed by atoms with E-state index in [0.29, 0.717) is 13.2 Å². The highest BCUT2D eigenvalue weighted by Gasteiger charge is 2.19. The summed E-state index contributed by atoms with van der Waals surface area (Å²) < 4.78 is 5.28. The van der Waals surface area contributed by atoms with Gasteiger partial charge >= 0.3 is 5.97 Å². The monoisotopic (exact) mass is 236 g/mol. The topological polar surface area (TPSA) is 66.8 Å². The van der Waals surface area contributed by atoms with Crippen molar-refractivity contribution in [3.05, 3.63) is 29.3 Å². The highest BCUT2D eigenvalue weighted by atomic mass is 16.5. The highest BCUT2D eigenvalue weighted by Crippen LogP contribution is 2.33. The Bertz CT molecular complexity index is 408. The van der Waals surface area contributed by atoms with Crippen molar-refractivity contribution in [2.75, 3.05) is 13.2 Å². The summed E-state index contributed by atoms with van der Waals surface area (Å²) in [5.74, 6) is -0.322. The molecule has 1 aromatic carbocycles. The largest absolute Gasteiger partial charge is 0.508 e. The first-order valence-corrected chi connectivity index (χ1v) is 5.78. The number of carboxylic acids is 1. The lowest BCUT2D eigenvalue weighted by molar-refractivity contribution is -0.136. The normalized spacial score (nSPS) is 16.9. The highest BCUT2D eigenvalue weighted by molar-refractivity contribution is 5.70. The average molecular weight is 236 g/mol. The minimum atomic E-state index is -0.853. The number of carboxylic acid groups (broad SMARTS) is 1. The molecule has 0 amide bonds. The number of rotatable bonds is 3. The van der Waals surface area contributed by atoms with Crippen LogP contribution >= 0.6 is 0 Å². The minimum absolute atomic E-state index is 0.00347. The summed E-state index contributed by atoms with van der Waals surface area (Å²) >= 11 is 0. The molecule has 17 heavy (non-hydrogen) atoms. The molecule has 1 fully saturated rings. The average Bonchev–Trinajstić information content (AvgIpc) is 2.32. The number of hydrogen-bond donors (Lipinski definition) is 2. The van der Waals surface area contributed by atoms with E-state index in [1.165, 1.54) is 0 Å². The van der Waals surface area contributed by atoms with Crippen molar-refractivity contribution in [1.82, 2.24) is 0 Å². The molecule has 0 spiro atoms. The Morgan fingerprint density at radius 2 is 2.06 bits per heavy atom. The molecular weight excluding hydrogens is 220 g/mol. The van der Waals surface area contributed by atoms with Gasteiger partial charge in [-0.1, -0.05) is 12.1 Å². The number of hydrogen-bond acceptors (Lipinski definition) is 3. The van der Waals surface area contributed by atoms with Crippen molar-refractivity contribution < 1.29 is 19.7 Å². The Labute approximate surface area is 99.8 Å². The van der Waals surface area contributed by atoms with E-state index >= 15 is 0 Å². The Hall–Kier alpha value is -1.55. The smallest absolute Gasteiger partial charge is 0.307 e. The maximum atomic E-state index is 10.7. The molecule has 1 saturated heterocycles. The SMILES string of the molecule is O=C(O)Cc1ccc(O)c(C2CCOCC2)c1. The molecule has 0 saturated carbocycles. The van der Waals surface area contributed by atoms with E-state index < -0.39 is 5.97 Å². The van der Waals surface area contributed by atoms with Crippen LogP contribution in [0, 0.1) is 0 Å². The van der Waals surface area contributed by atoms with E-state index in [2.05, 4.69) is 0 Å². The summed E-state index contributed by atoms with van der Waals surface area (Å²) in [5.41, 5.74) is 1.59. The van der Waals surface area contributed by atoms with Gasteiger partial charge in [-0.05, 0) is 36.0 Å². The lowest BCUT2D eigenvalue weighted by Crippen LogP contribution is -2.14. The zero-order valence-electron chi connectivity index (χ0n) is 9.56. The molecular formula is C13H16O4. The van der Waals surface area contributed by atoms with Crippen LogP contribution < -0.4 is 0 Å². The first kappa shape index (κ1) is 11.9.